The Morgan fingerprint density at radius 3 is 2.76 bits per heavy atom. The van der Waals surface area contributed by atoms with Gasteiger partial charge in [0.15, 0.2) is 0 Å². The van der Waals surface area contributed by atoms with Crippen LogP contribution in [0.15, 0.2) is 11.4 Å². The Bertz CT molecular complexity index is 401. The molecule has 1 amide bonds. The van der Waals surface area contributed by atoms with E-state index in [1.54, 1.807) is 11.3 Å². The molecule has 1 fully saturated rings. The molecular weight excluding hydrogens is 413 g/mol. The van der Waals surface area contributed by atoms with Gasteiger partial charge in [0.25, 0.3) is 5.91 Å². The number of carbonyl (C=O) groups excluding carboxylic acids is 1. The highest BCUT2D eigenvalue weighted by Crippen LogP contribution is 2.39. The first-order chi connectivity index (χ1) is 8.15. The van der Waals surface area contributed by atoms with Gasteiger partial charge in [-0.2, -0.15) is 0 Å². The van der Waals surface area contributed by atoms with Gasteiger partial charge in [0.05, 0.1) is 8.45 Å². The van der Waals surface area contributed by atoms with Gasteiger partial charge in [-0.05, 0) is 46.9 Å². The maximum absolute atomic E-state index is 11.9. The normalized spacial score (nSPS) is 18.2. The number of alkyl halides is 1. The number of amides is 1. The van der Waals surface area contributed by atoms with E-state index in [1.807, 2.05) is 11.4 Å². The zero-order valence-corrected chi connectivity index (χ0v) is 14.0. The average Bonchev–Trinajstić information content (AvgIpc) is 2.95. The van der Waals surface area contributed by atoms with Crippen LogP contribution >= 0.6 is 49.9 Å². The summed E-state index contributed by atoms with van der Waals surface area (Å²) < 4.78 is 1.16. The smallest absolute Gasteiger partial charge is 0.252 e. The van der Waals surface area contributed by atoms with Gasteiger partial charge in [-0.25, -0.2) is 0 Å². The largest absolute Gasteiger partial charge is 0.351 e. The highest BCUT2D eigenvalue weighted by Gasteiger charge is 2.33. The monoisotopic (exact) mass is 427 g/mol. The lowest BCUT2D eigenvalue weighted by Crippen LogP contribution is -2.36. The van der Waals surface area contributed by atoms with Crippen molar-refractivity contribution in [2.45, 2.75) is 25.7 Å². The third-order valence-corrected chi connectivity index (χ3v) is 6.38. The fraction of sp³-hybridized carbons (Fsp3) is 0.583. The SMILES string of the molecule is O=C(NCC1(CBr)CCCC1)c1csc(I)c1. The van der Waals surface area contributed by atoms with E-state index in [2.05, 4.69) is 43.8 Å². The molecule has 0 aliphatic heterocycles. The second kappa shape index (κ2) is 6.02. The standard InChI is InChI=1S/C12H15BrINOS/c13-7-12(3-1-2-4-12)8-15-11(16)9-5-10(14)17-6-9/h5-6H,1-4,7-8H2,(H,15,16). The minimum atomic E-state index is 0.0661. The molecule has 0 atom stereocenters. The molecule has 1 saturated carbocycles. The summed E-state index contributed by atoms with van der Waals surface area (Å²) in [6, 6.07) is 1.94. The number of halogens is 2. The third-order valence-electron chi connectivity index (χ3n) is 3.40. The van der Waals surface area contributed by atoms with Crippen molar-refractivity contribution in [2.75, 3.05) is 11.9 Å². The zero-order valence-electron chi connectivity index (χ0n) is 9.47. The van der Waals surface area contributed by atoms with Gasteiger partial charge in [0.2, 0.25) is 0 Å². The molecule has 1 aromatic heterocycles. The van der Waals surface area contributed by atoms with Crippen molar-refractivity contribution in [1.82, 2.24) is 5.32 Å². The van der Waals surface area contributed by atoms with Crippen molar-refractivity contribution in [1.29, 1.82) is 0 Å². The maximum atomic E-state index is 11.9. The molecule has 1 aliphatic rings. The van der Waals surface area contributed by atoms with Crippen molar-refractivity contribution >= 4 is 55.8 Å². The Kier molecular flexibility index (Phi) is 4.88. The van der Waals surface area contributed by atoms with Crippen LogP contribution in [0.3, 0.4) is 0 Å². The molecule has 1 heterocycles. The van der Waals surface area contributed by atoms with Crippen LogP contribution in [0, 0.1) is 8.30 Å². The summed E-state index contributed by atoms with van der Waals surface area (Å²) in [6.07, 6.45) is 5.02. The maximum Gasteiger partial charge on any atom is 0.252 e. The van der Waals surface area contributed by atoms with Crippen molar-refractivity contribution in [3.63, 3.8) is 0 Å². The van der Waals surface area contributed by atoms with Crippen LogP contribution in [0.2, 0.25) is 0 Å². The van der Waals surface area contributed by atoms with E-state index in [4.69, 9.17) is 0 Å². The average molecular weight is 428 g/mol. The molecule has 0 spiro atoms. The lowest BCUT2D eigenvalue weighted by molar-refractivity contribution is 0.0936. The minimum Gasteiger partial charge on any atom is -0.351 e. The Morgan fingerprint density at radius 1 is 1.53 bits per heavy atom. The van der Waals surface area contributed by atoms with E-state index in [0.717, 1.165) is 20.3 Å². The van der Waals surface area contributed by atoms with Gasteiger partial charge in [0, 0.05) is 17.3 Å². The topological polar surface area (TPSA) is 29.1 Å². The molecule has 0 saturated heterocycles. The van der Waals surface area contributed by atoms with Gasteiger partial charge in [-0.1, -0.05) is 28.8 Å². The van der Waals surface area contributed by atoms with Crippen LogP contribution in [0.5, 0.6) is 0 Å². The van der Waals surface area contributed by atoms with Gasteiger partial charge in [0.1, 0.15) is 0 Å². The molecular formula is C12H15BrINOS. The summed E-state index contributed by atoms with van der Waals surface area (Å²) in [4.78, 5) is 11.9. The lowest BCUT2D eigenvalue weighted by atomic mass is 9.89. The summed E-state index contributed by atoms with van der Waals surface area (Å²) >= 11 is 7.45. The zero-order chi connectivity index (χ0) is 12.3. The summed E-state index contributed by atoms with van der Waals surface area (Å²) in [6.45, 7) is 0.795. The molecule has 0 unspecified atom stereocenters. The van der Waals surface area contributed by atoms with Crippen LogP contribution < -0.4 is 5.32 Å². The molecule has 17 heavy (non-hydrogen) atoms. The van der Waals surface area contributed by atoms with Crippen LogP contribution in [0.4, 0.5) is 0 Å². The van der Waals surface area contributed by atoms with E-state index in [9.17, 15) is 4.79 Å². The molecule has 0 aromatic carbocycles. The summed E-state index contributed by atoms with van der Waals surface area (Å²) in [5.74, 6) is 0.0661. The van der Waals surface area contributed by atoms with Crippen molar-refractivity contribution in [2.24, 2.45) is 5.41 Å². The summed E-state index contributed by atoms with van der Waals surface area (Å²) in [5.41, 5.74) is 1.08. The summed E-state index contributed by atoms with van der Waals surface area (Å²) in [7, 11) is 0. The molecule has 1 aromatic rings. The van der Waals surface area contributed by atoms with E-state index in [0.29, 0.717) is 5.41 Å². The van der Waals surface area contributed by atoms with Gasteiger partial charge < -0.3 is 5.32 Å². The number of rotatable bonds is 4. The predicted octanol–water partition coefficient (Wildman–Crippen LogP) is 4.04. The Morgan fingerprint density at radius 2 is 2.24 bits per heavy atom. The van der Waals surface area contributed by atoms with E-state index in [-0.39, 0.29) is 5.91 Å². The van der Waals surface area contributed by atoms with Crippen LogP contribution in [0.1, 0.15) is 36.0 Å². The molecule has 2 rings (SSSR count). The quantitative estimate of drug-likeness (QED) is 0.570. The first kappa shape index (κ1) is 13.8. The Hall–Kier alpha value is 0.380. The van der Waals surface area contributed by atoms with Crippen LogP contribution in [0.25, 0.3) is 0 Å². The van der Waals surface area contributed by atoms with Gasteiger partial charge >= 0.3 is 0 Å². The molecule has 2 nitrogen and oxygen atoms in total. The fourth-order valence-electron chi connectivity index (χ4n) is 2.28. The van der Waals surface area contributed by atoms with Gasteiger partial charge in [-0.3, -0.25) is 4.79 Å². The van der Waals surface area contributed by atoms with Crippen LogP contribution in [-0.4, -0.2) is 17.8 Å². The third kappa shape index (κ3) is 3.44. The fourth-order valence-corrected chi connectivity index (χ4v) is 4.37. The number of nitrogens with one attached hydrogen (secondary N) is 1. The van der Waals surface area contributed by atoms with Crippen molar-refractivity contribution in [3.05, 3.63) is 19.9 Å². The number of thiophene rings is 1. The van der Waals surface area contributed by atoms with E-state index < -0.39 is 0 Å². The molecule has 1 N–H and O–H groups in total. The first-order valence-corrected chi connectivity index (χ1v) is 8.81. The van der Waals surface area contributed by atoms with Crippen LogP contribution in [-0.2, 0) is 0 Å². The molecule has 0 bridgehead atoms. The van der Waals surface area contributed by atoms with Crippen molar-refractivity contribution < 1.29 is 4.79 Å². The molecule has 94 valence electrons. The van der Waals surface area contributed by atoms with E-state index in [1.165, 1.54) is 25.7 Å². The number of hydrogen-bond acceptors (Lipinski definition) is 2. The summed E-state index contributed by atoms with van der Waals surface area (Å²) in [5, 5.41) is 5.99. The first-order valence-electron chi connectivity index (χ1n) is 5.73. The molecule has 5 heteroatoms. The highest BCUT2D eigenvalue weighted by atomic mass is 127. The minimum absolute atomic E-state index is 0.0661. The Labute approximate surface area is 128 Å². The second-order valence-electron chi connectivity index (χ2n) is 4.66. The second-order valence-corrected chi connectivity index (χ2v) is 8.03. The lowest BCUT2D eigenvalue weighted by Gasteiger charge is -2.26. The molecule has 0 radical (unpaired) electrons. The number of carbonyl (C=O) groups is 1. The van der Waals surface area contributed by atoms with Crippen molar-refractivity contribution in [3.8, 4) is 0 Å². The van der Waals surface area contributed by atoms with E-state index >= 15 is 0 Å². The highest BCUT2D eigenvalue weighted by molar-refractivity contribution is 14.1. The number of hydrogen-bond donors (Lipinski definition) is 1. The van der Waals surface area contributed by atoms with Gasteiger partial charge in [-0.15, -0.1) is 11.3 Å². The Balaban J connectivity index is 1.91. The predicted molar refractivity (Wildman–Crippen MR) is 84.1 cm³/mol. The molecule has 1 aliphatic carbocycles.